The van der Waals surface area contributed by atoms with E-state index < -0.39 is 11.9 Å². The van der Waals surface area contributed by atoms with Gasteiger partial charge < -0.3 is 15.8 Å². The Bertz CT molecular complexity index is 483. The van der Waals surface area contributed by atoms with Crippen molar-refractivity contribution in [2.75, 3.05) is 7.11 Å². The van der Waals surface area contributed by atoms with Crippen LogP contribution in [0.2, 0.25) is 0 Å². The normalized spacial score (nSPS) is 14.6. The van der Waals surface area contributed by atoms with Crippen molar-refractivity contribution in [3.8, 4) is 5.75 Å². The van der Waals surface area contributed by atoms with E-state index in [-0.39, 0.29) is 23.1 Å². The van der Waals surface area contributed by atoms with Crippen LogP contribution in [0.15, 0.2) is 18.2 Å². The molecule has 112 valence electrons. The lowest BCUT2D eigenvalue weighted by molar-refractivity contribution is -0.125. The fourth-order valence-corrected chi connectivity index (χ4v) is 1.73. The number of nitrogens with one attached hydrogen (secondary N) is 1. The van der Waals surface area contributed by atoms with Gasteiger partial charge in [-0.25, -0.2) is 4.39 Å². The summed E-state index contributed by atoms with van der Waals surface area (Å²) >= 11 is 0. The summed E-state index contributed by atoms with van der Waals surface area (Å²) in [6.07, 6.45) is 0. The molecule has 4 nitrogen and oxygen atoms in total. The molecular formula is C15H23FN2O2. The molecule has 0 radical (unpaired) electrons. The molecule has 0 saturated heterocycles. The summed E-state index contributed by atoms with van der Waals surface area (Å²) in [6.45, 7) is 7.48. The SMILES string of the molecule is COc1ccc(C(C)NC(=O)C(N)C(C)(C)C)cc1F. The smallest absolute Gasteiger partial charge is 0.237 e. The molecule has 20 heavy (non-hydrogen) atoms. The summed E-state index contributed by atoms with van der Waals surface area (Å²) in [6, 6.07) is 3.67. The Morgan fingerprint density at radius 1 is 1.40 bits per heavy atom. The van der Waals surface area contributed by atoms with Crippen molar-refractivity contribution in [3.05, 3.63) is 29.6 Å². The molecule has 5 heteroatoms. The van der Waals surface area contributed by atoms with Gasteiger partial charge in [0.05, 0.1) is 19.2 Å². The molecule has 0 aromatic heterocycles. The van der Waals surface area contributed by atoms with Gasteiger partial charge in [-0.15, -0.1) is 0 Å². The van der Waals surface area contributed by atoms with Crippen molar-refractivity contribution >= 4 is 5.91 Å². The Kier molecular flexibility index (Phi) is 5.11. The number of carbonyl (C=O) groups excluding carboxylic acids is 1. The maximum absolute atomic E-state index is 13.6. The minimum atomic E-state index is -0.618. The van der Waals surface area contributed by atoms with Crippen LogP contribution in [0.5, 0.6) is 5.75 Å². The first-order valence-corrected chi connectivity index (χ1v) is 6.56. The maximum Gasteiger partial charge on any atom is 0.237 e. The predicted octanol–water partition coefficient (Wildman–Crippen LogP) is 2.38. The van der Waals surface area contributed by atoms with Gasteiger partial charge in [0, 0.05) is 0 Å². The molecule has 0 saturated carbocycles. The maximum atomic E-state index is 13.6. The first-order valence-electron chi connectivity index (χ1n) is 6.56. The molecular weight excluding hydrogens is 259 g/mol. The molecule has 0 aliphatic heterocycles. The molecule has 1 aromatic carbocycles. The van der Waals surface area contributed by atoms with E-state index in [1.165, 1.54) is 19.2 Å². The zero-order valence-corrected chi connectivity index (χ0v) is 12.7. The molecule has 0 bridgehead atoms. The highest BCUT2D eigenvalue weighted by atomic mass is 19.1. The molecule has 1 rings (SSSR count). The number of nitrogens with two attached hydrogens (primary N) is 1. The molecule has 0 aliphatic carbocycles. The van der Waals surface area contributed by atoms with E-state index >= 15 is 0 Å². The van der Waals surface area contributed by atoms with E-state index in [1.54, 1.807) is 13.0 Å². The first-order chi connectivity index (χ1) is 9.16. The van der Waals surface area contributed by atoms with Crippen LogP contribution in [0.4, 0.5) is 4.39 Å². The Morgan fingerprint density at radius 3 is 2.45 bits per heavy atom. The second-order valence-corrected chi connectivity index (χ2v) is 5.97. The van der Waals surface area contributed by atoms with Crippen LogP contribution in [-0.2, 0) is 4.79 Å². The molecule has 0 heterocycles. The molecule has 0 spiro atoms. The van der Waals surface area contributed by atoms with E-state index in [4.69, 9.17) is 10.5 Å². The quantitative estimate of drug-likeness (QED) is 0.891. The van der Waals surface area contributed by atoms with Gasteiger partial charge in [0.1, 0.15) is 0 Å². The average molecular weight is 282 g/mol. The van der Waals surface area contributed by atoms with Crippen LogP contribution >= 0.6 is 0 Å². The van der Waals surface area contributed by atoms with Crippen molar-refractivity contribution in [2.24, 2.45) is 11.1 Å². The van der Waals surface area contributed by atoms with Crippen molar-refractivity contribution in [2.45, 2.75) is 39.8 Å². The van der Waals surface area contributed by atoms with Crippen molar-refractivity contribution in [3.63, 3.8) is 0 Å². The summed E-state index contributed by atoms with van der Waals surface area (Å²) in [5.41, 5.74) is 6.23. The molecule has 1 amide bonds. The number of ether oxygens (including phenoxy) is 1. The third-order valence-corrected chi connectivity index (χ3v) is 3.25. The molecule has 0 aliphatic rings. The highest BCUT2D eigenvalue weighted by molar-refractivity contribution is 5.82. The van der Waals surface area contributed by atoms with Gasteiger partial charge in [-0.2, -0.15) is 0 Å². The van der Waals surface area contributed by atoms with E-state index in [0.29, 0.717) is 5.56 Å². The van der Waals surface area contributed by atoms with E-state index in [0.717, 1.165) is 0 Å². The van der Waals surface area contributed by atoms with Crippen LogP contribution < -0.4 is 15.8 Å². The lowest BCUT2D eigenvalue weighted by Crippen LogP contribution is -2.49. The fourth-order valence-electron chi connectivity index (χ4n) is 1.73. The molecule has 3 N–H and O–H groups in total. The molecule has 1 aromatic rings. The lowest BCUT2D eigenvalue weighted by atomic mass is 9.86. The monoisotopic (exact) mass is 282 g/mol. The number of benzene rings is 1. The zero-order chi connectivity index (χ0) is 15.5. The van der Waals surface area contributed by atoms with Crippen LogP contribution in [-0.4, -0.2) is 19.1 Å². The van der Waals surface area contributed by atoms with Crippen LogP contribution in [0.25, 0.3) is 0 Å². The van der Waals surface area contributed by atoms with Gasteiger partial charge in [-0.3, -0.25) is 4.79 Å². The number of hydrogen-bond acceptors (Lipinski definition) is 3. The highest BCUT2D eigenvalue weighted by Gasteiger charge is 2.28. The largest absolute Gasteiger partial charge is 0.494 e. The number of rotatable bonds is 4. The van der Waals surface area contributed by atoms with Gasteiger partial charge in [-0.1, -0.05) is 26.8 Å². The number of amides is 1. The predicted molar refractivity (Wildman–Crippen MR) is 76.9 cm³/mol. The zero-order valence-electron chi connectivity index (χ0n) is 12.7. The van der Waals surface area contributed by atoms with E-state index in [9.17, 15) is 9.18 Å². The van der Waals surface area contributed by atoms with Gasteiger partial charge in [0.15, 0.2) is 11.6 Å². The van der Waals surface area contributed by atoms with Gasteiger partial charge >= 0.3 is 0 Å². The minimum Gasteiger partial charge on any atom is -0.494 e. The summed E-state index contributed by atoms with van der Waals surface area (Å²) < 4.78 is 18.5. The topological polar surface area (TPSA) is 64.3 Å². The van der Waals surface area contributed by atoms with Gasteiger partial charge in [0.2, 0.25) is 5.91 Å². The minimum absolute atomic E-state index is 0.179. The Hall–Kier alpha value is -1.62. The molecule has 0 fully saturated rings. The summed E-state index contributed by atoms with van der Waals surface area (Å²) in [4.78, 5) is 12.0. The molecule has 2 atom stereocenters. The fraction of sp³-hybridized carbons (Fsp3) is 0.533. The lowest BCUT2D eigenvalue weighted by Gasteiger charge is -2.27. The Labute approximate surface area is 119 Å². The second-order valence-electron chi connectivity index (χ2n) is 5.97. The Morgan fingerprint density at radius 2 is 2.00 bits per heavy atom. The molecule has 2 unspecified atom stereocenters. The third kappa shape index (κ3) is 3.93. The summed E-state index contributed by atoms with van der Waals surface area (Å²) in [5.74, 6) is -0.522. The van der Waals surface area contributed by atoms with Gasteiger partial charge in [-0.05, 0) is 30.0 Å². The third-order valence-electron chi connectivity index (χ3n) is 3.25. The number of hydrogen-bond donors (Lipinski definition) is 2. The Balaban J connectivity index is 2.79. The summed E-state index contributed by atoms with van der Waals surface area (Å²) in [7, 11) is 1.41. The van der Waals surface area contributed by atoms with Crippen molar-refractivity contribution in [1.29, 1.82) is 0 Å². The second kappa shape index (κ2) is 6.22. The number of carbonyl (C=O) groups is 1. The van der Waals surface area contributed by atoms with E-state index in [2.05, 4.69) is 5.32 Å². The first kappa shape index (κ1) is 16.4. The number of halogens is 1. The van der Waals surface area contributed by atoms with Crippen LogP contribution in [0.1, 0.15) is 39.3 Å². The standard InChI is InChI=1S/C15H23FN2O2/c1-9(18-14(19)13(17)15(2,3)4)10-6-7-12(20-5)11(16)8-10/h6-9,13H,17H2,1-5H3,(H,18,19). The van der Waals surface area contributed by atoms with E-state index in [1.807, 2.05) is 20.8 Å². The average Bonchev–Trinajstić information content (AvgIpc) is 2.36. The van der Waals surface area contributed by atoms with Gasteiger partial charge in [0.25, 0.3) is 0 Å². The summed E-state index contributed by atoms with van der Waals surface area (Å²) in [5, 5.41) is 2.80. The number of methoxy groups -OCH3 is 1. The van der Waals surface area contributed by atoms with Crippen molar-refractivity contribution in [1.82, 2.24) is 5.32 Å². The van der Waals surface area contributed by atoms with Crippen LogP contribution in [0, 0.1) is 11.2 Å². The highest BCUT2D eigenvalue weighted by Crippen LogP contribution is 2.23. The van der Waals surface area contributed by atoms with Crippen LogP contribution in [0.3, 0.4) is 0 Å². The van der Waals surface area contributed by atoms with Crippen molar-refractivity contribution < 1.29 is 13.9 Å².